The molecule has 1 N–H and O–H groups in total. The van der Waals surface area contributed by atoms with Crippen LogP contribution in [0.1, 0.15) is 34.5 Å². The molecule has 1 amide bonds. The summed E-state index contributed by atoms with van der Waals surface area (Å²) in [6.07, 6.45) is 0. The Kier molecular flexibility index (Phi) is 4.55. The monoisotopic (exact) mass is 335 g/mol. The molecule has 20 heavy (non-hydrogen) atoms. The Morgan fingerprint density at radius 3 is 2.70 bits per heavy atom. The molecule has 1 unspecified atom stereocenters. The molecule has 0 aromatic heterocycles. The number of carbonyl (C=O) groups is 1. The molecule has 0 saturated carbocycles. The van der Waals surface area contributed by atoms with Gasteiger partial charge in [-0.25, -0.2) is 4.39 Å². The summed E-state index contributed by atoms with van der Waals surface area (Å²) in [5, 5.41) is 2.81. The highest BCUT2D eigenvalue weighted by molar-refractivity contribution is 9.10. The molecule has 2 aromatic carbocycles. The second kappa shape index (κ2) is 6.18. The molecule has 104 valence electrons. The molecular weight excluding hydrogens is 321 g/mol. The lowest BCUT2D eigenvalue weighted by atomic mass is 10.1. The second-order valence-corrected chi connectivity index (χ2v) is 5.65. The summed E-state index contributed by atoms with van der Waals surface area (Å²) in [4.78, 5) is 12.1. The standard InChI is InChI=1S/C16H15BrFNO/c1-10-6-7-15(18)14(8-10)16(20)19-11(2)12-4-3-5-13(17)9-12/h3-9,11H,1-2H3,(H,19,20). The van der Waals surface area contributed by atoms with E-state index in [2.05, 4.69) is 21.2 Å². The van der Waals surface area contributed by atoms with Crippen LogP contribution in [0.3, 0.4) is 0 Å². The molecule has 0 saturated heterocycles. The molecule has 0 aliphatic carbocycles. The zero-order chi connectivity index (χ0) is 14.7. The lowest BCUT2D eigenvalue weighted by Gasteiger charge is -2.15. The summed E-state index contributed by atoms with van der Waals surface area (Å²) >= 11 is 3.39. The molecule has 2 rings (SSSR count). The van der Waals surface area contributed by atoms with Gasteiger partial charge in [-0.2, -0.15) is 0 Å². The van der Waals surface area contributed by atoms with E-state index in [9.17, 15) is 9.18 Å². The van der Waals surface area contributed by atoms with Crippen molar-refractivity contribution in [3.63, 3.8) is 0 Å². The van der Waals surface area contributed by atoms with E-state index in [4.69, 9.17) is 0 Å². The first-order chi connectivity index (χ1) is 9.47. The summed E-state index contributed by atoms with van der Waals surface area (Å²) in [7, 11) is 0. The molecule has 0 heterocycles. The highest BCUT2D eigenvalue weighted by Crippen LogP contribution is 2.19. The van der Waals surface area contributed by atoms with E-state index in [0.717, 1.165) is 15.6 Å². The van der Waals surface area contributed by atoms with Crippen LogP contribution >= 0.6 is 15.9 Å². The number of amides is 1. The fourth-order valence-electron chi connectivity index (χ4n) is 1.95. The Labute approximate surface area is 126 Å². The Balaban J connectivity index is 2.17. The van der Waals surface area contributed by atoms with Crippen LogP contribution in [0.4, 0.5) is 4.39 Å². The van der Waals surface area contributed by atoms with Crippen LogP contribution in [-0.4, -0.2) is 5.91 Å². The maximum absolute atomic E-state index is 13.7. The van der Waals surface area contributed by atoms with Crippen molar-refractivity contribution in [2.24, 2.45) is 0 Å². The van der Waals surface area contributed by atoms with E-state index in [0.29, 0.717) is 0 Å². The van der Waals surface area contributed by atoms with Crippen molar-refractivity contribution in [3.8, 4) is 0 Å². The molecule has 4 heteroatoms. The maximum Gasteiger partial charge on any atom is 0.254 e. The van der Waals surface area contributed by atoms with Crippen molar-refractivity contribution in [1.29, 1.82) is 0 Å². The van der Waals surface area contributed by atoms with Crippen LogP contribution in [0.15, 0.2) is 46.9 Å². The number of rotatable bonds is 3. The first kappa shape index (κ1) is 14.7. The fraction of sp³-hybridized carbons (Fsp3) is 0.188. The van der Waals surface area contributed by atoms with Crippen molar-refractivity contribution in [3.05, 3.63) is 69.4 Å². The Hall–Kier alpha value is -1.68. The van der Waals surface area contributed by atoms with Crippen molar-refractivity contribution < 1.29 is 9.18 Å². The maximum atomic E-state index is 13.7. The minimum absolute atomic E-state index is 0.0758. The molecule has 2 aromatic rings. The third kappa shape index (κ3) is 3.45. The smallest absolute Gasteiger partial charge is 0.254 e. The average Bonchev–Trinajstić information content (AvgIpc) is 2.41. The van der Waals surface area contributed by atoms with Crippen LogP contribution in [0, 0.1) is 12.7 Å². The van der Waals surface area contributed by atoms with Gasteiger partial charge >= 0.3 is 0 Å². The van der Waals surface area contributed by atoms with Gasteiger partial charge in [0.2, 0.25) is 0 Å². The number of nitrogens with one attached hydrogen (secondary N) is 1. The largest absolute Gasteiger partial charge is 0.345 e. The third-order valence-corrected chi connectivity index (χ3v) is 3.56. The average molecular weight is 336 g/mol. The van der Waals surface area contributed by atoms with Gasteiger partial charge in [0.25, 0.3) is 5.91 Å². The number of benzene rings is 2. The number of aryl methyl sites for hydroxylation is 1. The first-order valence-electron chi connectivity index (χ1n) is 6.30. The zero-order valence-corrected chi connectivity index (χ0v) is 12.9. The van der Waals surface area contributed by atoms with Crippen molar-refractivity contribution in [2.45, 2.75) is 19.9 Å². The lowest BCUT2D eigenvalue weighted by molar-refractivity contribution is 0.0935. The molecule has 2 nitrogen and oxygen atoms in total. The van der Waals surface area contributed by atoms with E-state index in [-0.39, 0.29) is 11.6 Å². The highest BCUT2D eigenvalue weighted by atomic mass is 79.9. The SMILES string of the molecule is Cc1ccc(F)c(C(=O)NC(C)c2cccc(Br)c2)c1. The minimum atomic E-state index is -0.505. The fourth-order valence-corrected chi connectivity index (χ4v) is 2.36. The Morgan fingerprint density at radius 2 is 2.00 bits per heavy atom. The number of carbonyl (C=O) groups excluding carboxylic acids is 1. The molecule has 1 atom stereocenters. The third-order valence-electron chi connectivity index (χ3n) is 3.06. The number of hydrogen-bond acceptors (Lipinski definition) is 1. The highest BCUT2D eigenvalue weighted by Gasteiger charge is 2.15. The van der Waals surface area contributed by atoms with Crippen LogP contribution in [0.25, 0.3) is 0 Å². The molecular formula is C16H15BrFNO. The van der Waals surface area contributed by atoms with Gasteiger partial charge in [0.1, 0.15) is 5.82 Å². The van der Waals surface area contributed by atoms with Gasteiger partial charge in [-0.1, -0.05) is 39.7 Å². The summed E-state index contributed by atoms with van der Waals surface area (Å²) in [5.41, 5.74) is 1.89. The van der Waals surface area contributed by atoms with Crippen molar-refractivity contribution in [1.82, 2.24) is 5.32 Å². The van der Waals surface area contributed by atoms with E-state index in [1.54, 1.807) is 12.1 Å². The van der Waals surface area contributed by atoms with E-state index in [1.165, 1.54) is 6.07 Å². The number of hydrogen-bond donors (Lipinski definition) is 1. The molecule has 0 aliphatic rings. The number of halogens is 2. The molecule has 0 spiro atoms. The molecule has 0 aliphatic heterocycles. The molecule has 0 radical (unpaired) electrons. The minimum Gasteiger partial charge on any atom is -0.345 e. The zero-order valence-electron chi connectivity index (χ0n) is 11.3. The summed E-state index contributed by atoms with van der Waals surface area (Å²) in [6, 6.07) is 12.0. The van der Waals surface area contributed by atoms with Gasteiger partial charge in [-0.05, 0) is 43.7 Å². The van der Waals surface area contributed by atoms with E-state index < -0.39 is 11.7 Å². The van der Waals surface area contributed by atoms with Crippen LogP contribution < -0.4 is 5.32 Å². The second-order valence-electron chi connectivity index (χ2n) is 4.73. The van der Waals surface area contributed by atoms with Gasteiger partial charge < -0.3 is 5.32 Å². The first-order valence-corrected chi connectivity index (χ1v) is 7.09. The lowest BCUT2D eigenvalue weighted by Crippen LogP contribution is -2.27. The predicted molar refractivity (Wildman–Crippen MR) is 81.2 cm³/mol. The topological polar surface area (TPSA) is 29.1 Å². The molecule has 0 fully saturated rings. The van der Waals surface area contributed by atoms with E-state index in [1.807, 2.05) is 38.1 Å². The van der Waals surface area contributed by atoms with Crippen LogP contribution in [0.5, 0.6) is 0 Å². The van der Waals surface area contributed by atoms with Gasteiger partial charge in [0.15, 0.2) is 0 Å². The van der Waals surface area contributed by atoms with Gasteiger partial charge in [-0.15, -0.1) is 0 Å². The normalized spacial score (nSPS) is 12.0. The van der Waals surface area contributed by atoms with Gasteiger partial charge in [0, 0.05) is 4.47 Å². The molecule has 0 bridgehead atoms. The summed E-state index contributed by atoms with van der Waals surface area (Å²) < 4.78 is 14.6. The van der Waals surface area contributed by atoms with Crippen molar-refractivity contribution >= 4 is 21.8 Å². The van der Waals surface area contributed by atoms with Crippen molar-refractivity contribution in [2.75, 3.05) is 0 Å². The van der Waals surface area contributed by atoms with Crippen LogP contribution in [-0.2, 0) is 0 Å². The summed E-state index contributed by atoms with van der Waals surface area (Å²) in [5.74, 6) is -0.909. The predicted octanol–water partition coefficient (Wildman–Crippen LogP) is 4.39. The van der Waals surface area contributed by atoms with Gasteiger partial charge in [0.05, 0.1) is 11.6 Å². The van der Waals surface area contributed by atoms with E-state index >= 15 is 0 Å². The van der Waals surface area contributed by atoms with Gasteiger partial charge in [-0.3, -0.25) is 4.79 Å². The Morgan fingerprint density at radius 1 is 1.25 bits per heavy atom. The Bertz CT molecular complexity index is 642. The summed E-state index contributed by atoms with van der Waals surface area (Å²) in [6.45, 7) is 3.70. The van der Waals surface area contributed by atoms with Crippen LogP contribution in [0.2, 0.25) is 0 Å². The quantitative estimate of drug-likeness (QED) is 0.885.